The molecule has 3 aromatic rings. The number of pyridine rings is 1. The molecule has 0 unspecified atom stereocenters. The molecule has 0 saturated heterocycles. The number of sulfonamides is 1. The molecule has 1 heterocycles. The van der Waals surface area contributed by atoms with Gasteiger partial charge in [-0.05, 0) is 23.8 Å². The first-order valence-corrected chi connectivity index (χ1v) is 11.7. The Bertz CT molecular complexity index is 1190. The van der Waals surface area contributed by atoms with Crippen LogP contribution in [-0.2, 0) is 19.6 Å². The highest BCUT2D eigenvalue weighted by atomic mass is 32.2. The first-order chi connectivity index (χ1) is 14.9. The summed E-state index contributed by atoms with van der Waals surface area (Å²) in [5.74, 6) is -1.07. The fraction of sp³-hybridized carbons (Fsp3) is 0.0952. The lowest BCUT2D eigenvalue weighted by atomic mass is 10.2. The third-order valence-electron chi connectivity index (χ3n) is 3.97. The first-order valence-electron chi connectivity index (χ1n) is 9.20. The van der Waals surface area contributed by atoms with Gasteiger partial charge in [0.15, 0.2) is 0 Å². The lowest BCUT2D eigenvalue weighted by Gasteiger charge is -2.08. The van der Waals surface area contributed by atoms with Crippen molar-refractivity contribution in [1.29, 1.82) is 0 Å². The van der Waals surface area contributed by atoms with Gasteiger partial charge in [-0.1, -0.05) is 48.5 Å². The van der Waals surface area contributed by atoms with Crippen LogP contribution in [0, 0.1) is 0 Å². The van der Waals surface area contributed by atoms with Crippen LogP contribution in [0.4, 0.5) is 0 Å². The van der Waals surface area contributed by atoms with E-state index in [4.69, 9.17) is 0 Å². The summed E-state index contributed by atoms with van der Waals surface area (Å²) in [6, 6.07) is 18.3. The molecule has 0 aliphatic carbocycles. The second-order valence-corrected chi connectivity index (χ2v) is 8.96. The zero-order valence-corrected chi connectivity index (χ0v) is 17.9. The molecular weight excluding hydrogens is 436 g/mol. The predicted octanol–water partition coefficient (Wildman–Crippen LogP) is 2.06. The quantitative estimate of drug-likeness (QED) is 0.353. The van der Waals surface area contributed by atoms with Gasteiger partial charge in [-0.25, -0.2) is 13.1 Å². The number of hydrogen-bond donors (Lipinski definition) is 3. The van der Waals surface area contributed by atoms with Gasteiger partial charge in [0, 0.05) is 21.9 Å². The topological polar surface area (TPSA) is 117 Å². The highest BCUT2D eigenvalue weighted by molar-refractivity contribution is 8.00. The number of nitrogens with one attached hydrogen (secondary N) is 3. The number of hydrazine groups is 1. The standard InChI is InChI=1S/C21H20N4O4S2/c26-19(14-23-31(28,29)13-11-16-6-2-1-3-7-16)24-25-20(27)15-30-18-10-4-8-17-9-5-12-22-21(17)18/h1-13,23H,14-15H2,(H,24,26)(H,25,27)/b13-11+. The molecule has 0 radical (unpaired) electrons. The summed E-state index contributed by atoms with van der Waals surface area (Å²) in [4.78, 5) is 29.0. The number of carbonyl (C=O) groups is 2. The van der Waals surface area contributed by atoms with Gasteiger partial charge in [-0.2, -0.15) is 0 Å². The lowest BCUT2D eigenvalue weighted by Crippen LogP contribution is -2.46. The average Bonchev–Trinajstić information content (AvgIpc) is 2.79. The Hall–Kier alpha value is -3.21. The van der Waals surface area contributed by atoms with Gasteiger partial charge in [-0.15, -0.1) is 11.8 Å². The van der Waals surface area contributed by atoms with Gasteiger partial charge < -0.3 is 0 Å². The van der Waals surface area contributed by atoms with Crippen molar-refractivity contribution in [3.05, 3.63) is 77.8 Å². The second-order valence-electron chi connectivity index (χ2n) is 6.30. The van der Waals surface area contributed by atoms with Crippen LogP contribution in [-0.4, -0.2) is 37.5 Å². The molecule has 10 heteroatoms. The Balaban J connectivity index is 1.42. The van der Waals surface area contributed by atoms with Crippen molar-refractivity contribution in [2.75, 3.05) is 12.3 Å². The van der Waals surface area contributed by atoms with E-state index in [0.717, 1.165) is 21.2 Å². The van der Waals surface area contributed by atoms with Gasteiger partial charge in [0.05, 0.1) is 17.8 Å². The number of thioether (sulfide) groups is 1. The minimum Gasteiger partial charge on any atom is -0.272 e. The van der Waals surface area contributed by atoms with Crippen LogP contribution in [0.5, 0.6) is 0 Å². The highest BCUT2D eigenvalue weighted by Gasteiger charge is 2.11. The molecule has 3 rings (SSSR count). The zero-order chi connectivity index (χ0) is 22.1. The number of amides is 2. The lowest BCUT2D eigenvalue weighted by molar-refractivity contribution is -0.126. The van der Waals surface area contributed by atoms with E-state index >= 15 is 0 Å². The molecule has 0 spiro atoms. The summed E-state index contributed by atoms with van der Waals surface area (Å²) in [5, 5.41) is 1.94. The van der Waals surface area contributed by atoms with Crippen LogP contribution in [0.3, 0.4) is 0 Å². The Morgan fingerprint density at radius 1 is 0.935 bits per heavy atom. The number of aromatic nitrogens is 1. The van der Waals surface area contributed by atoms with Crippen molar-refractivity contribution in [1.82, 2.24) is 20.6 Å². The number of rotatable bonds is 8. The monoisotopic (exact) mass is 456 g/mol. The summed E-state index contributed by atoms with van der Waals surface area (Å²) < 4.78 is 26.0. The van der Waals surface area contributed by atoms with Crippen LogP contribution in [0.25, 0.3) is 17.0 Å². The second kappa shape index (κ2) is 10.7. The van der Waals surface area contributed by atoms with Gasteiger partial charge in [0.25, 0.3) is 5.91 Å². The normalized spacial score (nSPS) is 11.5. The van der Waals surface area contributed by atoms with Crippen LogP contribution in [0.15, 0.2) is 77.2 Å². The summed E-state index contributed by atoms with van der Waals surface area (Å²) in [5.41, 5.74) is 5.95. The predicted molar refractivity (Wildman–Crippen MR) is 121 cm³/mol. The van der Waals surface area contributed by atoms with Crippen molar-refractivity contribution < 1.29 is 18.0 Å². The molecule has 160 valence electrons. The number of nitrogens with zero attached hydrogens (tertiary/aromatic N) is 1. The first kappa shape index (κ1) is 22.5. The van der Waals surface area contributed by atoms with Crippen LogP contribution >= 0.6 is 11.8 Å². The van der Waals surface area contributed by atoms with Crippen LogP contribution in [0.1, 0.15) is 5.56 Å². The molecule has 1 aromatic heterocycles. The molecule has 3 N–H and O–H groups in total. The maximum absolute atomic E-state index is 12.0. The number of carbonyl (C=O) groups excluding carboxylic acids is 2. The largest absolute Gasteiger partial charge is 0.272 e. The minimum atomic E-state index is -3.80. The number of benzene rings is 2. The van der Waals surface area contributed by atoms with Crippen molar-refractivity contribution >= 4 is 50.6 Å². The van der Waals surface area contributed by atoms with Gasteiger partial charge in [0.2, 0.25) is 15.9 Å². The van der Waals surface area contributed by atoms with Gasteiger partial charge >= 0.3 is 0 Å². The Kier molecular flexibility index (Phi) is 7.76. The van der Waals surface area contributed by atoms with Crippen LogP contribution < -0.4 is 15.6 Å². The molecule has 8 nitrogen and oxygen atoms in total. The number of hydrogen-bond acceptors (Lipinski definition) is 6. The highest BCUT2D eigenvalue weighted by Crippen LogP contribution is 2.25. The minimum absolute atomic E-state index is 0.0571. The maximum Gasteiger partial charge on any atom is 0.253 e. The molecule has 0 fully saturated rings. The van der Waals surface area contributed by atoms with Gasteiger partial charge in [-0.3, -0.25) is 25.4 Å². The molecule has 2 amide bonds. The van der Waals surface area contributed by atoms with Crippen molar-refractivity contribution in [3.63, 3.8) is 0 Å². The van der Waals surface area contributed by atoms with E-state index in [1.54, 1.807) is 30.5 Å². The zero-order valence-electron chi connectivity index (χ0n) is 16.3. The van der Waals surface area contributed by atoms with E-state index < -0.39 is 28.4 Å². The molecule has 0 bridgehead atoms. The molecular formula is C21H20N4O4S2. The van der Waals surface area contributed by atoms with Crippen molar-refractivity contribution in [3.8, 4) is 0 Å². The average molecular weight is 457 g/mol. The molecule has 0 atom stereocenters. The fourth-order valence-corrected chi connectivity index (χ4v) is 4.11. The summed E-state index contributed by atoms with van der Waals surface area (Å²) in [7, 11) is -3.80. The smallest absolute Gasteiger partial charge is 0.253 e. The van der Waals surface area contributed by atoms with E-state index in [2.05, 4.69) is 20.6 Å². The number of para-hydroxylation sites is 1. The Labute approximate surface area is 184 Å². The van der Waals surface area contributed by atoms with Gasteiger partial charge in [0.1, 0.15) is 0 Å². The molecule has 2 aromatic carbocycles. The Morgan fingerprint density at radius 3 is 2.48 bits per heavy atom. The summed E-state index contributed by atoms with van der Waals surface area (Å²) >= 11 is 1.29. The Morgan fingerprint density at radius 2 is 1.68 bits per heavy atom. The van der Waals surface area contributed by atoms with E-state index in [-0.39, 0.29) is 5.75 Å². The van der Waals surface area contributed by atoms with E-state index in [9.17, 15) is 18.0 Å². The summed E-state index contributed by atoms with van der Waals surface area (Å²) in [6.07, 6.45) is 3.10. The van der Waals surface area contributed by atoms with E-state index in [1.165, 1.54) is 17.8 Å². The molecule has 0 aliphatic heterocycles. The van der Waals surface area contributed by atoms with E-state index in [0.29, 0.717) is 5.56 Å². The van der Waals surface area contributed by atoms with Crippen molar-refractivity contribution in [2.24, 2.45) is 0 Å². The van der Waals surface area contributed by atoms with Crippen molar-refractivity contribution in [2.45, 2.75) is 4.90 Å². The third-order valence-corrected chi connectivity index (χ3v) is 6.06. The fourth-order valence-electron chi connectivity index (χ4n) is 2.50. The summed E-state index contributed by atoms with van der Waals surface area (Å²) in [6.45, 7) is -0.512. The maximum atomic E-state index is 12.0. The molecule has 31 heavy (non-hydrogen) atoms. The van der Waals surface area contributed by atoms with Crippen LogP contribution in [0.2, 0.25) is 0 Å². The number of fused-ring (bicyclic) bond motifs is 1. The molecule has 0 aliphatic rings. The SMILES string of the molecule is O=C(CNS(=O)(=O)/C=C/c1ccccc1)NNC(=O)CSc1cccc2cccnc12. The third kappa shape index (κ3) is 7.21. The molecule has 0 saturated carbocycles. The van der Waals surface area contributed by atoms with E-state index in [1.807, 2.05) is 36.4 Å².